The third-order valence-electron chi connectivity index (χ3n) is 2.40. The van der Waals surface area contributed by atoms with Crippen LogP contribution in [0.4, 0.5) is 0 Å². The minimum Gasteiger partial charge on any atom is -0.333 e. The van der Waals surface area contributed by atoms with Gasteiger partial charge in [-0.1, -0.05) is 18.2 Å². The molecule has 3 nitrogen and oxygen atoms in total. The van der Waals surface area contributed by atoms with Crippen molar-refractivity contribution in [2.75, 3.05) is 6.54 Å². The van der Waals surface area contributed by atoms with E-state index in [1.165, 1.54) is 0 Å². The number of nitrogens with zero attached hydrogens (tertiary/aromatic N) is 1. The summed E-state index contributed by atoms with van der Waals surface area (Å²) in [5, 5.41) is 0. The standard InChI is InChI=1S/C11H14N2O/c1-8(12)6-13-7-9-4-2-3-5-10(9)11(13)14/h2-5,8H,6-7,12H2,1H3/t8-/m0/s1. The van der Waals surface area contributed by atoms with Crippen molar-refractivity contribution in [2.24, 2.45) is 5.73 Å². The van der Waals surface area contributed by atoms with Gasteiger partial charge in [0, 0.05) is 24.7 Å². The van der Waals surface area contributed by atoms with Gasteiger partial charge in [-0.2, -0.15) is 0 Å². The van der Waals surface area contributed by atoms with Crippen LogP contribution in [0.3, 0.4) is 0 Å². The summed E-state index contributed by atoms with van der Waals surface area (Å²) in [5.41, 5.74) is 7.61. The predicted octanol–water partition coefficient (Wildman–Crippen LogP) is 0.990. The van der Waals surface area contributed by atoms with Crippen molar-refractivity contribution in [2.45, 2.75) is 19.5 Å². The van der Waals surface area contributed by atoms with Crippen molar-refractivity contribution in [3.63, 3.8) is 0 Å². The number of fused-ring (bicyclic) bond motifs is 1. The first-order valence-corrected chi connectivity index (χ1v) is 4.81. The minimum absolute atomic E-state index is 0.0354. The highest BCUT2D eigenvalue weighted by molar-refractivity contribution is 5.98. The maximum absolute atomic E-state index is 11.8. The highest BCUT2D eigenvalue weighted by atomic mass is 16.2. The van der Waals surface area contributed by atoms with Crippen LogP contribution < -0.4 is 5.73 Å². The Morgan fingerprint density at radius 1 is 1.50 bits per heavy atom. The van der Waals surface area contributed by atoms with Crippen LogP contribution in [0.1, 0.15) is 22.8 Å². The molecule has 74 valence electrons. The third-order valence-corrected chi connectivity index (χ3v) is 2.40. The first-order chi connectivity index (χ1) is 6.68. The van der Waals surface area contributed by atoms with Crippen molar-refractivity contribution >= 4 is 5.91 Å². The molecule has 0 unspecified atom stereocenters. The number of nitrogens with two attached hydrogens (primary N) is 1. The molecule has 0 saturated heterocycles. The van der Waals surface area contributed by atoms with Gasteiger partial charge in [0.05, 0.1) is 0 Å². The smallest absolute Gasteiger partial charge is 0.254 e. The summed E-state index contributed by atoms with van der Waals surface area (Å²) in [6, 6.07) is 7.76. The van der Waals surface area contributed by atoms with Gasteiger partial charge >= 0.3 is 0 Å². The van der Waals surface area contributed by atoms with Gasteiger partial charge in [0.15, 0.2) is 0 Å². The van der Waals surface area contributed by atoms with Crippen LogP contribution in [0.15, 0.2) is 24.3 Å². The molecule has 0 bridgehead atoms. The molecule has 2 N–H and O–H groups in total. The van der Waals surface area contributed by atoms with E-state index in [2.05, 4.69) is 0 Å². The van der Waals surface area contributed by atoms with Gasteiger partial charge in [0.2, 0.25) is 0 Å². The molecule has 3 heteroatoms. The lowest BCUT2D eigenvalue weighted by Crippen LogP contribution is -2.35. The monoisotopic (exact) mass is 190 g/mol. The molecule has 1 atom stereocenters. The van der Waals surface area contributed by atoms with E-state index in [1.54, 1.807) is 4.90 Å². The first-order valence-electron chi connectivity index (χ1n) is 4.81. The molecule has 0 spiro atoms. The largest absolute Gasteiger partial charge is 0.333 e. The van der Waals surface area contributed by atoms with Crippen LogP contribution in [-0.2, 0) is 6.54 Å². The van der Waals surface area contributed by atoms with Crippen LogP contribution in [0, 0.1) is 0 Å². The van der Waals surface area contributed by atoms with Crippen molar-refractivity contribution < 1.29 is 4.79 Å². The van der Waals surface area contributed by atoms with E-state index in [0.717, 1.165) is 11.1 Å². The van der Waals surface area contributed by atoms with Crippen LogP contribution in [0.5, 0.6) is 0 Å². The summed E-state index contributed by atoms with van der Waals surface area (Å²) in [4.78, 5) is 13.6. The van der Waals surface area contributed by atoms with Crippen LogP contribution in [0.2, 0.25) is 0 Å². The maximum atomic E-state index is 11.8. The lowest BCUT2D eigenvalue weighted by Gasteiger charge is -2.17. The lowest BCUT2D eigenvalue weighted by atomic mass is 10.1. The van der Waals surface area contributed by atoms with Gasteiger partial charge in [-0.25, -0.2) is 0 Å². The molecule has 0 aromatic heterocycles. The van der Waals surface area contributed by atoms with Crippen LogP contribution >= 0.6 is 0 Å². The van der Waals surface area contributed by atoms with Crippen LogP contribution in [-0.4, -0.2) is 23.4 Å². The van der Waals surface area contributed by atoms with E-state index in [0.29, 0.717) is 13.1 Å². The van der Waals surface area contributed by atoms with Gasteiger partial charge in [-0.3, -0.25) is 4.79 Å². The second-order valence-electron chi connectivity index (χ2n) is 3.82. The molecule has 1 aromatic carbocycles. The zero-order chi connectivity index (χ0) is 10.1. The molecule has 1 aliphatic rings. The fraction of sp³-hybridized carbons (Fsp3) is 0.364. The van der Waals surface area contributed by atoms with Gasteiger partial charge < -0.3 is 10.6 Å². The average Bonchev–Trinajstić information content (AvgIpc) is 2.44. The number of carbonyl (C=O) groups excluding carboxylic acids is 1. The second-order valence-corrected chi connectivity index (χ2v) is 3.82. The topological polar surface area (TPSA) is 46.3 Å². The number of hydrogen-bond donors (Lipinski definition) is 1. The third kappa shape index (κ3) is 1.51. The summed E-state index contributed by atoms with van der Waals surface area (Å²) < 4.78 is 0. The summed E-state index contributed by atoms with van der Waals surface area (Å²) in [6.07, 6.45) is 0. The van der Waals surface area contributed by atoms with E-state index in [4.69, 9.17) is 5.73 Å². The molecule has 0 fully saturated rings. The number of hydrogen-bond acceptors (Lipinski definition) is 2. The first kappa shape index (κ1) is 9.21. The average molecular weight is 190 g/mol. The Morgan fingerprint density at radius 3 is 2.86 bits per heavy atom. The Balaban J connectivity index is 2.21. The molecule has 2 rings (SSSR count). The zero-order valence-corrected chi connectivity index (χ0v) is 8.23. The highest BCUT2D eigenvalue weighted by Gasteiger charge is 2.26. The fourth-order valence-corrected chi connectivity index (χ4v) is 1.81. The van der Waals surface area contributed by atoms with Crippen molar-refractivity contribution in [3.8, 4) is 0 Å². The summed E-state index contributed by atoms with van der Waals surface area (Å²) >= 11 is 0. The number of benzene rings is 1. The van der Waals surface area contributed by atoms with Crippen molar-refractivity contribution in [1.29, 1.82) is 0 Å². The molecule has 0 saturated carbocycles. The quantitative estimate of drug-likeness (QED) is 0.756. The van der Waals surface area contributed by atoms with Crippen LogP contribution in [0.25, 0.3) is 0 Å². The van der Waals surface area contributed by atoms with E-state index >= 15 is 0 Å². The fourth-order valence-electron chi connectivity index (χ4n) is 1.81. The second kappa shape index (κ2) is 3.42. The lowest BCUT2D eigenvalue weighted by molar-refractivity contribution is 0.0771. The molecule has 1 aliphatic heterocycles. The van der Waals surface area contributed by atoms with Gasteiger partial charge in [-0.05, 0) is 18.6 Å². The van der Waals surface area contributed by atoms with Crippen molar-refractivity contribution in [1.82, 2.24) is 4.90 Å². The Morgan fingerprint density at radius 2 is 2.21 bits per heavy atom. The number of rotatable bonds is 2. The SMILES string of the molecule is C[C@H](N)CN1Cc2ccccc2C1=O. The van der Waals surface area contributed by atoms with Gasteiger partial charge in [-0.15, -0.1) is 0 Å². The molecular weight excluding hydrogens is 176 g/mol. The molecule has 0 radical (unpaired) electrons. The zero-order valence-electron chi connectivity index (χ0n) is 8.23. The molecular formula is C11H14N2O. The Bertz CT molecular complexity index is 360. The summed E-state index contributed by atoms with van der Waals surface area (Å²) in [7, 11) is 0. The Hall–Kier alpha value is -1.35. The summed E-state index contributed by atoms with van der Waals surface area (Å²) in [5.74, 6) is 0.109. The van der Waals surface area contributed by atoms with Gasteiger partial charge in [0.25, 0.3) is 5.91 Å². The normalized spacial score (nSPS) is 17.0. The van der Waals surface area contributed by atoms with Crippen molar-refractivity contribution in [3.05, 3.63) is 35.4 Å². The number of carbonyl (C=O) groups is 1. The Kier molecular flexibility index (Phi) is 2.25. The maximum Gasteiger partial charge on any atom is 0.254 e. The predicted molar refractivity (Wildman–Crippen MR) is 54.8 cm³/mol. The Labute approximate surface area is 83.5 Å². The molecule has 1 aromatic rings. The van der Waals surface area contributed by atoms with E-state index < -0.39 is 0 Å². The summed E-state index contributed by atoms with van der Waals surface area (Å²) in [6.45, 7) is 3.25. The number of amides is 1. The molecule has 1 amide bonds. The van der Waals surface area contributed by atoms with Gasteiger partial charge in [0.1, 0.15) is 0 Å². The van der Waals surface area contributed by atoms with E-state index in [-0.39, 0.29) is 11.9 Å². The highest BCUT2D eigenvalue weighted by Crippen LogP contribution is 2.21. The molecule has 14 heavy (non-hydrogen) atoms. The minimum atomic E-state index is 0.0354. The van der Waals surface area contributed by atoms with E-state index in [9.17, 15) is 4.79 Å². The van der Waals surface area contributed by atoms with E-state index in [1.807, 2.05) is 31.2 Å². The molecule has 1 heterocycles. The molecule has 0 aliphatic carbocycles.